The van der Waals surface area contributed by atoms with Crippen molar-refractivity contribution in [3.8, 4) is 11.5 Å². The van der Waals surface area contributed by atoms with Gasteiger partial charge >= 0.3 is 0 Å². The van der Waals surface area contributed by atoms with E-state index in [1.54, 1.807) is 18.7 Å². The van der Waals surface area contributed by atoms with E-state index in [0.717, 1.165) is 5.56 Å². The van der Waals surface area contributed by atoms with Gasteiger partial charge in [-0.15, -0.1) is 0 Å². The molecule has 2 atom stereocenters. The molecule has 9 nitrogen and oxygen atoms in total. The van der Waals surface area contributed by atoms with Gasteiger partial charge in [0.05, 0.1) is 12.4 Å². The quantitative estimate of drug-likeness (QED) is 0.719. The third-order valence-corrected chi connectivity index (χ3v) is 4.75. The maximum absolute atomic E-state index is 12.2. The minimum atomic E-state index is -0.374. The molecule has 0 fully saturated rings. The van der Waals surface area contributed by atoms with Crippen LogP contribution in [0.4, 0.5) is 5.95 Å². The van der Waals surface area contributed by atoms with E-state index in [0.29, 0.717) is 17.1 Å². The van der Waals surface area contributed by atoms with E-state index < -0.39 is 0 Å². The lowest BCUT2D eigenvalue weighted by atomic mass is 9.92. The molecule has 2 unspecified atom stereocenters. The number of ether oxygens (including phenoxy) is 2. The number of hydrogen-bond acceptors (Lipinski definition) is 7. The number of nitrogens with one attached hydrogen (secondary N) is 1. The summed E-state index contributed by atoms with van der Waals surface area (Å²) in [6.45, 7) is 0.196. The Hall–Kier alpha value is -3.88. The molecule has 0 radical (unpaired) electrons. The molecule has 0 bridgehead atoms. The number of aliphatic imine (C=N–C) groups is 1. The number of aromatic nitrogens is 4. The highest BCUT2D eigenvalue weighted by atomic mass is 16.7. The number of nitrogens with two attached hydrogens (primary N) is 1. The van der Waals surface area contributed by atoms with E-state index in [4.69, 9.17) is 15.2 Å². The standard InChI is InChI=1S/C19H16N6O3/c20-19-23-17-15(18(26)24-19)22-9-25(17)16(11-2-1-6-21-7-5-11)12-3-4-13-14(8-12)28-10-27-13/h1-9,11,16H,10H2,(H3,20,23,24,26). The molecule has 0 amide bonds. The number of allylic oxidation sites excluding steroid dienone is 3. The second-order valence-electron chi connectivity index (χ2n) is 6.43. The van der Waals surface area contributed by atoms with Crippen LogP contribution >= 0.6 is 0 Å². The largest absolute Gasteiger partial charge is 0.454 e. The lowest BCUT2D eigenvalue weighted by Gasteiger charge is -2.24. The van der Waals surface area contributed by atoms with Gasteiger partial charge in [0.15, 0.2) is 22.7 Å². The van der Waals surface area contributed by atoms with Gasteiger partial charge in [-0.3, -0.25) is 14.8 Å². The first-order chi connectivity index (χ1) is 13.7. The molecule has 28 heavy (non-hydrogen) atoms. The van der Waals surface area contributed by atoms with Crippen LogP contribution in [-0.4, -0.2) is 32.5 Å². The van der Waals surface area contributed by atoms with Gasteiger partial charge in [0, 0.05) is 18.3 Å². The lowest BCUT2D eigenvalue weighted by molar-refractivity contribution is 0.174. The molecule has 5 rings (SSSR count). The van der Waals surface area contributed by atoms with E-state index in [9.17, 15) is 4.79 Å². The Labute approximate surface area is 158 Å². The topological polar surface area (TPSA) is 120 Å². The second-order valence-corrected chi connectivity index (χ2v) is 6.43. The van der Waals surface area contributed by atoms with Gasteiger partial charge in [0.1, 0.15) is 0 Å². The van der Waals surface area contributed by atoms with Crippen LogP contribution < -0.4 is 20.8 Å². The Morgan fingerprint density at radius 3 is 3.07 bits per heavy atom. The van der Waals surface area contributed by atoms with Gasteiger partial charge < -0.3 is 19.8 Å². The van der Waals surface area contributed by atoms with Crippen molar-refractivity contribution in [2.45, 2.75) is 6.04 Å². The monoisotopic (exact) mass is 376 g/mol. The zero-order valence-corrected chi connectivity index (χ0v) is 14.6. The summed E-state index contributed by atoms with van der Waals surface area (Å²) in [4.78, 5) is 27.5. The normalized spacial score (nSPS) is 18.5. The number of aromatic amines is 1. The highest BCUT2D eigenvalue weighted by molar-refractivity contribution is 5.73. The van der Waals surface area contributed by atoms with Crippen molar-refractivity contribution in [3.05, 3.63) is 64.9 Å². The molecular weight excluding hydrogens is 360 g/mol. The number of imidazole rings is 1. The highest BCUT2D eigenvalue weighted by Gasteiger charge is 2.27. The van der Waals surface area contributed by atoms with Crippen molar-refractivity contribution in [1.29, 1.82) is 0 Å². The number of nitrogen functional groups attached to an aromatic ring is 1. The zero-order valence-electron chi connectivity index (χ0n) is 14.6. The first-order valence-corrected chi connectivity index (χ1v) is 8.69. The molecule has 0 spiro atoms. The molecule has 0 aliphatic carbocycles. The number of rotatable bonds is 3. The molecular formula is C19H16N6O3. The summed E-state index contributed by atoms with van der Waals surface area (Å²) in [6.07, 6.45) is 11.0. The van der Waals surface area contributed by atoms with Crippen LogP contribution in [0.25, 0.3) is 11.2 Å². The van der Waals surface area contributed by atoms with Crippen molar-refractivity contribution >= 4 is 23.3 Å². The van der Waals surface area contributed by atoms with Gasteiger partial charge in [-0.25, -0.2) is 4.98 Å². The first-order valence-electron chi connectivity index (χ1n) is 8.69. The molecule has 9 heteroatoms. The van der Waals surface area contributed by atoms with E-state index in [-0.39, 0.29) is 35.8 Å². The van der Waals surface area contributed by atoms with Crippen LogP contribution in [0.15, 0.2) is 58.7 Å². The minimum absolute atomic E-state index is 0.0407. The zero-order chi connectivity index (χ0) is 19.1. The number of nitrogens with zero attached hydrogens (tertiary/aromatic N) is 4. The maximum atomic E-state index is 12.2. The van der Waals surface area contributed by atoms with Gasteiger partial charge in [-0.05, 0) is 23.8 Å². The molecule has 3 aromatic rings. The van der Waals surface area contributed by atoms with E-state index in [1.165, 1.54) is 0 Å². The molecule has 2 aromatic heterocycles. The summed E-state index contributed by atoms with van der Waals surface area (Å²) in [5.74, 6) is 1.35. The summed E-state index contributed by atoms with van der Waals surface area (Å²) >= 11 is 0. The maximum Gasteiger partial charge on any atom is 0.280 e. The molecule has 2 aliphatic rings. The summed E-state index contributed by atoms with van der Waals surface area (Å²) in [6, 6.07) is 5.53. The molecule has 4 heterocycles. The van der Waals surface area contributed by atoms with Crippen LogP contribution in [0.2, 0.25) is 0 Å². The average molecular weight is 376 g/mol. The fourth-order valence-corrected chi connectivity index (χ4v) is 3.51. The van der Waals surface area contributed by atoms with Crippen molar-refractivity contribution in [3.63, 3.8) is 0 Å². The summed E-state index contributed by atoms with van der Waals surface area (Å²) in [5, 5.41) is 0. The molecule has 3 N–H and O–H groups in total. The van der Waals surface area contributed by atoms with E-state index in [1.807, 2.05) is 41.0 Å². The van der Waals surface area contributed by atoms with Crippen LogP contribution in [0.3, 0.4) is 0 Å². The Kier molecular flexibility index (Phi) is 3.71. The number of H-pyrrole nitrogens is 1. The lowest BCUT2D eigenvalue weighted by Crippen LogP contribution is -2.19. The number of anilines is 1. The Bertz CT molecular complexity index is 1190. The summed E-state index contributed by atoms with van der Waals surface area (Å²) < 4.78 is 12.8. The molecule has 140 valence electrons. The fourth-order valence-electron chi connectivity index (χ4n) is 3.51. The average Bonchev–Trinajstić information content (AvgIpc) is 3.22. The summed E-state index contributed by atoms with van der Waals surface area (Å²) in [5.41, 5.74) is 7.00. The van der Waals surface area contributed by atoms with E-state index >= 15 is 0 Å². The van der Waals surface area contributed by atoms with E-state index in [2.05, 4.69) is 19.9 Å². The summed E-state index contributed by atoms with van der Waals surface area (Å²) in [7, 11) is 0. The minimum Gasteiger partial charge on any atom is -0.454 e. The smallest absolute Gasteiger partial charge is 0.280 e. The van der Waals surface area contributed by atoms with Crippen molar-refractivity contribution < 1.29 is 9.47 Å². The first kappa shape index (κ1) is 16.3. The third kappa shape index (κ3) is 2.64. The number of hydrogen-bond donors (Lipinski definition) is 2. The number of benzene rings is 1. The Balaban J connectivity index is 1.72. The van der Waals surface area contributed by atoms with Crippen molar-refractivity contribution in [2.75, 3.05) is 12.5 Å². The van der Waals surface area contributed by atoms with Gasteiger partial charge in [-0.1, -0.05) is 18.2 Å². The molecule has 0 saturated heterocycles. The predicted molar refractivity (Wildman–Crippen MR) is 104 cm³/mol. The Morgan fingerprint density at radius 1 is 1.25 bits per heavy atom. The highest BCUT2D eigenvalue weighted by Crippen LogP contribution is 2.38. The molecule has 1 aromatic carbocycles. The van der Waals surface area contributed by atoms with Crippen molar-refractivity contribution in [1.82, 2.24) is 19.5 Å². The van der Waals surface area contributed by atoms with Gasteiger partial charge in [0.2, 0.25) is 12.7 Å². The van der Waals surface area contributed by atoms with Crippen LogP contribution in [0.1, 0.15) is 11.6 Å². The molecule has 0 saturated carbocycles. The number of fused-ring (bicyclic) bond motifs is 2. The van der Waals surface area contributed by atoms with Crippen molar-refractivity contribution in [2.24, 2.45) is 10.9 Å². The fraction of sp³-hybridized carbons (Fsp3) is 0.158. The SMILES string of the molecule is Nc1nc2c(ncn2C(c2ccc3c(c2)OCO3)C2C=CC=NC=C2)c(=O)[nH]1. The third-order valence-electron chi connectivity index (χ3n) is 4.75. The molecule has 2 aliphatic heterocycles. The van der Waals surface area contributed by atoms with Crippen LogP contribution in [-0.2, 0) is 0 Å². The Morgan fingerprint density at radius 2 is 2.14 bits per heavy atom. The second kappa shape index (κ2) is 6.38. The predicted octanol–water partition coefficient (Wildman–Crippen LogP) is 1.79. The van der Waals surface area contributed by atoms with Crippen LogP contribution in [0, 0.1) is 5.92 Å². The van der Waals surface area contributed by atoms with Gasteiger partial charge in [0.25, 0.3) is 5.56 Å². The van der Waals surface area contributed by atoms with Crippen LogP contribution in [0.5, 0.6) is 11.5 Å². The van der Waals surface area contributed by atoms with Gasteiger partial charge in [-0.2, -0.15) is 4.98 Å².